The van der Waals surface area contributed by atoms with E-state index in [-0.39, 0.29) is 12.0 Å². The highest BCUT2D eigenvalue weighted by Crippen LogP contribution is 2.35. The number of amides is 1. The van der Waals surface area contributed by atoms with Gasteiger partial charge in [-0.2, -0.15) is 0 Å². The van der Waals surface area contributed by atoms with E-state index in [0.29, 0.717) is 32.0 Å². The minimum absolute atomic E-state index is 0.0412. The van der Waals surface area contributed by atoms with Gasteiger partial charge >= 0.3 is 0 Å². The first-order valence-corrected chi connectivity index (χ1v) is 8.84. The fourth-order valence-corrected chi connectivity index (χ4v) is 3.43. The lowest BCUT2D eigenvalue weighted by molar-refractivity contribution is 0.102. The van der Waals surface area contributed by atoms with Crippen LogP contribution in [0.2, 0.25) is 10.0 Å². The van der Waals surface area contributed by atoms with Gasteiger partial charge in [-0.05, 0) is 44.2 Å². The molecule has 1 aromatic heterocycles. The summed E-state index contributed by atoms with van der Waals surface area (Å²) < 4.78 is 6.46. The molecule has 0 aliphatic heterocycles. The monoisotopic (exact) mass is 380 g/mol. The van der Waals surface area contributed by atoms with Gasteiger partial charge in [0.1, 0.15) is 11.3 Å². The Hall–Kier alpha value is -1.82. The second kappa shape index (κ2) is 6.97. The van der Waals surface area contributed by atoms with Crippen molar-refractivity contribution in [1.82, 2.24) is 4.98 Å². The lowest BCUT2D eigenvalue weighted by Gasteiger charge is -2.10. The SMILES string of the molecule is CC(C)Oc1cccc(C(=O)Nc2nc3c(Cl)c(Cl)ccc3s2)c1. The number of halogens is 2. The quantitative estimate of drug-likeness (QED) is 0.636. The van der Waals surface area contributed by atoms with Crippen molar-refractivity contribution >= 4 is 55.8 Å². The smallest absolute Gasteiger partial charge is 0.257 e. The largest absolute Gasteiger partial charge is 0.491 e. The lowest BCUT2D eigenvalue weighted by Crippen LogP contribution is -2.12. The maximum Gasteiger partial charge on any atom is 0.257 e. The van der Waals surface area contributed by atoms with Gasteiger partial charge in [-0.3, -0.25) is 10.1 Å². The van der Waals surface area contributed by atoms with Gasteiger partial charge in [-0.15, -0.1) is 0 Å². The number of thiazole rings is 1. The average Bonchev–Trinajstić information content (AvgIpc) is 2.94. The highest BCUT2D eigenvalue weighted by molar-refractivity contribution is 7.22. The molecule has 0 unspecified atom stereocenters. The van der Waals surface area contributed by atoms with Gasteiger partial charge in [0.25, 0.3) is 5.91 Å². The number of nitrogens with zero attached hydrogens (tertiary/aromatic N) is 1. The van der Waals surface area contributed by atoms with Crippen molar-refractivity contribution in [2.24, 2.45) is 0 Å². The van der Waals surface area contributed by atoms with Crippen LogP contribution >= 0.6 is 34.5 Å². The van der Waals surface area contributed by atoms with Gasteiger partial charge in [0.05, 0.1) is 20.8 Å². The Morgan fingerprint density at radius 3 is 2.79 bits per heavy atom. The third kappa shape index (κ3) is 3.64. The van der Waals surface area contributed by atoms with Crippen LogP contribution in [-0.2, 0) is 0 Å². The molecule has 1 amide bonds. The molecule has 1 N–H and O–H groups in total. The maximum absolute atomic E-state index is 12.4. The van der Waals surface area contributed by atoms with Crippen molar-refractivity contribution in [2.75, 3.05) is 5.32 Å². The number of ether oxygens (including phenoxy) is 1. The summed E-state index contributed by atoms with van der Waals surface area (Å²) in [5.41, 5.74) is 1.08. The van der Waals surface area contributed by atoms with Crippen molar-refractivity contribution < 1.29 is 9.53 Å². The zero-order valence-electron chi connectivity index (χ0n) is 13.0. The number of aromatic nitrogens is 1. The van der Waals surface area contributed by atoms with Crippen molar-refractivity contribution in [1.29, 1.82) is 0 Å². The molecule has 124 valence electrons. The Morgan fingerprint density at radius 1 is 1.25 bits per heavy atom. The zero-order valence-corrected chi connectivity index (χ0v) is 15.3. The van der Waals surface area contributed by atoms with Crippen LogP contribution in [0, 0.1) is 0 Å². The first-order chi connectivity index (χ1) is 11.4. The van der Waals surface area contributed by atoms with E-state index < -0.39 is 0 Å². The summed E-state index contributed by atoms with van der Waals surface area (Å²) in [6, 6.07) is 10.6. The fourth-order valence-electron chi connectivity index (χ4n) is 2.14. The van der Waals surface area contributed by atoms with Crippen LogP contribution in [0.3, 0.4) is 0 Å². The van der Waals surface area contributed by atoms with Gasteiger partial charge in [0.2, 0.25) is 0 Å². The number of carbonyl (C=O) groups is 1. The summed E-state index contributed by atoms with van der Waals surface area (Å²) in [6.45, 7) is 3.87. The fraction of sp³-hybridized carbons (Fsp3) is 0.176. The number of nitrogens with one attached hydrogen (secondary N) is 1. The Bertz CT molecular complexity index is 909. The number of carbonyl (C=O) groups excluding carboxylic acids is 1. The Balaban J connectivity index is 1.83. The van der Waals surface area contributed by atoms with Crippen molar-refractivity contribution in [3.05, 3.63) is 52.0 Å². The highest BCUT2D eigenvalue weighted by Gasteiger charge is 2.13. The Kier molecular flexibility index (Phi) is 4.94. The van der Waals surface area contributed by atoms with Crippen LogP contribution in [0.4, 0.5) is 5.13 Å². The number of benzene rings is 2. The van der Waals surface area contributed by atoms with E-state index in [1.807, 2.05) is 26.0 Å². The van der Waals surface area contributed by atoms with Crippen molar-refractivity contribution in [2.45, 2.75) is 20.0 Å². The molecule has 0 spiro atoms. The minimum Gasteiger partial charge on any atom is -0.491 e. The molecule has 0 bridgehead atoms. The topological polar surface area (TPSA) is 51.2 Å². The van der Waals surface area contributed by atoms with E-state index in [9.17, 15) is 4.79 Å². The molecule has 24 heavy (non-hydrogen) atoms. The molecule has 3 rings (SSSR count). The molecular weight excluding hydrogens is 367 g/mol. The molecule has 1 heterocycles. The van der Waals surface area contributed by atoms with E-state index in [2.05, 4.69) is 10.3 Å². The number of hydrogen-bond donors (Lipinski definition) is 1. The number of hydrogen-bond acceptors (Lipinski definition) is 4. The predicted molar refractivity (Wildman–Crippen MR) is 99.8 cm³/mol. The van der Waals surface area contributed by atoms with E-state index in [1.165, 1.54) is 11.3 Å². The molecule has 0 atom stereocenters. The summed E-state index contributed by atoms with van der Waals surface area (Å²) in [7, 11) is 0. The molecule has 2 aromatic carbocycles. The van der Waals surface area contributed by atoms with Crippen LogP contribution < -0.4 is 10.1 Å². The average molecular weight is 381 g/mol. The number of anilines is 1. The molecule has 7 heteroatoms. The Labute approximate surface area is 153 Å². The van der Waals surface area contributed by atoms with Crippen molar-refractivity contribution in [3.8, 4) is 5.75 Å². The van der Waals surface area contributed by atoms with Crippen LogP contribution in [-0.4, -0.2) is 17.0 Å². The molecule has 3 aromatic rings. The Morgan fingerprint density at radius 2 is 2.04 bits per heavy atom. The first kappa shape index (κ1) is 17.0. The first-order valence-electron chi connectivity index (χ1n) is 7.26. The summed E-state index contributed by atoms with van der Waals surface area (Å²) in [4.78, 5) is 16.8. The molecular formula is C17H14Cl2N2O2S. The molecule has 0 aliphatic rings. The third-order valence-electron chi connectivity index (χ3n) is 3.14. The van der Waals surface area contributed by atoms with Gasteiger partial charge in [0.15, 0.2) is 5.13 Å². The maximum atomic E-state index is 12.4. The highest BCUT2D eigenvalue weighted by atomic mass is 35.5. The minimum atomic E-state index is -0.259. The molecule has 4 nitrogen and oxygen atoms in total. The van der Waals surface area contributed by atoms with Gasteiger partial charge < -0.3 is 4.74 Å². The van der Waals surface area contributed by atoms with Gasteiger partial charge in [-0.1, -0.05) is 40.6 Å². The molecule has 0 radical (unpaired) electrons. The van der Waals surface area contributed by atoms with E-state index in [1.54, 1.807) is 24.3 Å². The second-order valence-corrected chi connectivity index (χ2v) is 7.19. The summed E-state index contributed by atoms with van der Waals surface area (Å²) in [5.74, 6) is 0.391. The zero-order chi connectivity index (χ0) is 17.3. The van der Waals surface area contributed by atoms with Gasteiger partial charge in [0, 0.05) is 5.56 Å². The second-order valence-electron chi connectivity index (χ2n) is 5.38. The normalized spacial score (nSPS) is 11.0. The summed E-state index contributed by atoms with van der Waals surface area (Å²) in [6.07, 6.45) is 0.0412. The molecule has 0 saturated carbocycles. The summed E-state index contributed by atoms with van der Waals surface area (Å²) in [5, 5.41) is 4.08. The van der Waals surface area contributed by atoms with E-state index in [4.69, 9.17) is 27.9 Å². The van der Waals surface area contributed by atoms with E-state index in [0.717, 1.165) is 4.70 Å². The third-order valence-corrected chi connectivity index (χ3v) is 4.87. The molecule has 0 fully saturated rings. The van der Waals surface area contributed by atoms with Crippen LogP contribution in [0.1, 0.15) is 24.2 Å². The van der Waals surface area contributed by atoms with E-state index >= 15 is 0 Å². The summed E-state index contributed by atoms with van der Waals surface area (Å²) >= 11 is 13.5. The predicted octanol–water partition coefficient (Wildman–Crippen LogP) is 5.64. The van der Waals surface area contributed by atoms with Gasteiger partial charge in [-0.25, -0.2) is 4.98 Å². The number of fused-ring (bicyclic) bond motifs is 1. The van der Waals surface area contributed by atoms with Crippen molar-refractivity contribution in [3.63, 3.8) is 0 Å². The van der Waals surface area contributed by atoms with Crippen LogP contribution in [0.15, 0.2) is 36.4 Å². The number of rotatable bonds is 4. The standard InChI is InChI=1S/C17H14Cl2N2O2S/c1-9(2)23-11-5-3-4-10(8-11)16(22)21-17-20-15-13(24-17)7-6-12(18)14(15)19/h3-9H,1-2H3,(H,20,21,22). The van der Waals surface area contributed by atoms with Crippen LogP contribution in [0.5, 0.6) is 5.75 Å². The molecule has 0 saturated heterocycles. The van der Waals surface area contributed by atoms with Crippen LogP contribution in [0.25, 0.3) is 10.2 Å². The molecule has 0 aliphatic carbocycles. The lowest BCUT2D eigenvalue weighted by atomic mass is 10.2.